The van der Waals surface area contributed by atoms with Crippen LogP contribution >= 0.6 is 0 Å². The van der Waals surface area contributed by atoms with E-state index < -0.39 is 23.0 Å². The van der Waals surface area contributed by atoms with Gasteiger partial charge in [0.25, 0.3) is 0 Å². The summed E-state index contributed by atoms with van der Waals surface area (Å²) < 4.78 is 55.9. The van der Waals surface area contributed by atoms with Gasteiger partial charge in [-0.2, -0.15) is 13.2 Å². The number of halogens is 4. The molecule has 0 saturated carbocycles. The van der Waals surface area contributed by atoms with E-state index in [1.54, 1.807) is 13.8 Å². The molecule has 0 aliphatic rings. The number of ether oxygens (including phenoxy) is 1. The lowest BCUT2D eigenvalue weighted by molar-refractivity contribution is -0.140. The Morgan fingerprint density at radius 1 is 1.29 bits per heavy atom. The summed E-state index contributed by atoms with van der Waals surface area (Å²) in [7, 11) is 0. The number of alkyl halides is 3. The highest BCUT2D eigenvalue weighted by molar-refractivity contribution is 5.82. The second-order valence-corrected chi connectivity index (χ2v) is 5.39. The average Bonchev–Trinajstić information content (AvgIpc) is 2.34. The molecule has 0 aliphatic carbocycles. The van der Waals surface area contributed by atoms with Gasteiger partial charge in [0.2, 0.25) is 0 Å². The number of rotatable bonds is 6. The van der Waals surface area contributed by atoms with Crippen LogP contribution in [0.5, 0.6) is 5.75 Å². The molecule has 21 heavy (non-hydrogen) atoms. The Labute approximate surface area is 120 Å². The summed E-state index contributed by atoms with van der Waals surface area (Å²) in [6.45, 7) is 3.77. The van der Waals surface area contributed by atoms with Crippen molar-refractivity contribution >= 4 is 5.84 Å². The van der Waals surface area contributed by atoms with Crippen molar-refractivity contribution in [2.24, 2.45) is 11.1 Å². The SMILES string of the molecule is CC(C)(CCCOc1ccc(F)c(C(F)(F)F)c1)C(=N)N. The predicted octanol–water partition coefficient (Wildman–Crippen LogP) is 3.97. The van der Waals surface area contributed by atoms with E-state index in [0.717, 1.165) is 12.1 Å². The van der Waals surface area contributed by atoms with Crippen molar-refractivity contribution in [3.63, 3.8) is 0 Å². The predicted molar refractivity (Wildman–Crippen MR) is 71.8 cm³/mol. The summed E-state index contributed by atoms with van der Waals surface area (Å²) >= 11 is 0. The van der Waals surface area contributed by atoms with Crippen LogP contribution in [-0.2, 0) is 6.18 Å². The van der Waals surface area contributed by atoms with Gasteiger partial charge in [0.05, 0.1) is 18.0 Å². The van der Waals surface area contributed by atoms with Gasteiger partial charge >= 0.3 is 6.18 Å². The fraction of sp³-hybridized carbons (Fsp3) is 0.500. The highest BCUT2D eigenvalue weighted by Crippen LogP contribution is 2.33. The van der Waals surface area contributed by atoms with Crippen molar-refractivity contribution in [3.8, 4) is 5.75 Å². The molecule has 0 aromatic heterocycles. The summed E-state index contributed by atoms with van der Waals surface area (Å²) in [5.74, 6) is -1.32. The van der Waals surface area contributed by atoms with Crippen LogP contribution in [-0.4, -0.2) is 12.4 Å². The van der Waals surface area contributed by atoms with Crippen LogP contribution in [0.15, 0.2) is 18.2 Å². The quantitative estimate of drug-likeness (QED) is 0.362. The molecule has 0 atom stereocenters. The van der Waals surface area contributed by atoms with Gasteiger partial charge in [-0.3, -0.25) is 5.41 Å². The topological polar surface area (TPSA) is 59.1 Å². The molecule has 0 radical (unpaired) electrons. The van der Waals surface area contributed by atoms with E-state index >= 15 is 0 Å². The number of hydrogen-bond acceptors (Lipinski definition) is 2. The maximum absolute atomic E-state index is 13.1. The molecule has 0 heterocycles. The Kier molecular flexibility index (Phi) is 5.20. The molecule has 0 unspecified atom stereocenters. The molecule has 0 saturated heterocycles. The lowest BCUT2D eigenvalue weighted by Crippen LogP contribution is -2.31. The molecule has 3 nitrogen and oxygen atoms in total. The summed E-state index contributed by atoms with van der Waals surface area (Å²) in [5, 5.41) is 7.39. The third-order valence-corrected chi connectivity index (χ3v) is 3.19. The van der Waals surface area contributed by atoms with Crippen molar-refractivity contribution in [2.75, 3.05) is 6.61 Å². The number of benzene rings is 1. The zero-order chi connectivity index (χ0) is 16.3. The summed E-state index contributed by atoms with van der Waals surface area (Å²) in [5.41, 5.74) is 3.60. The van der Waals surface area contributed by atoms with E-state index in [-0.39, 0.29) is 18.2 Å². The molecule has 1 aromatic rings. The fourth-order valence-electron chi connectivity index (χ4n) is 1.65. The van der Waals surface area contributed by atoms with Crippen LogP contribution < -0.4 is 10.5 Å². The van der Waals surface area contributed by atoms with Gasteiger partial charge in [-0.25, -0.2) is 4.39 Å². The first kappa shape index (κ1) is 17.3. The molecular weight excluding hydrogens is 288 g/mol. The van der Waals surface area contributed by atoms with Crippen LogP contribution in [0.3, 0.4) is 0 Å². The Bertz CT molecular complexity index is 512. The minimum atomic E-state index is -4.75. The maximum atomic E-state index is 13.1. The van der Waals surface area contributed by atoms with Gasteiger partial charge < -0.3 is 10.5 Å². The van der Waals surface area contributed by atoms with E-state index in [1.807, 2.05) is 0 Å². The van der Waals surface area contributed by atoms with Crippen LogP contribution in [0.1, 0.15) is 32.3 Å². The zero-order valence-electron chi connectivity index (χ0n) is 11.9. The monoisotopic (exact) mass is 306 g/mol. The largest absolute Gasteiger partial charge is 0.494 e. The molecular formula is C14H18F4N2O. The van der Waals surface area contributed by atoms with Gasteiger partial charge in [0.1, 0.15) is 11.6 Å². The molecule has 0 fully saturated rings. The smallest absolute Gasteiger partial charge is 0.419 e. The number of amidine groups is 1. The molecule has 3 N–H and O–H groups in total. The molecule has 1 aromatic carbocycles. The lowest BCUT2D eigenvalue weighted by atomic mass is 9.87. The van der Waals surface area contributed by atoms with E-state index in [1.165, 1.54) is 0 Å². The summed E-state index contributed by atoms with van der Waals surface area (Å²) in [6, 6.07) is 2.53. The second-order valence-electron chi connectivity index (χ2n) is 5.39. The molecule has 0 spiro atoms. The highest BCUT2D eigenvalue weighted by Gasteiger charge is 2.34. The normalized spacial score (nSPS) is 12.3. The maximum Gasteiger partial charge on any atom is 0.419 e. The number of nitrogens with two attached hydrogens (primary N) is 1. The Morgan fingerprint density at radius 2 is 1.90 bits per heavy atom. The van der Waals surface area contributed by atoms with E-state index in [0.29, 0.717) is 18.9 Å². The van der Waals surface area contributed by atoms with E-state index in [9.17, 15) is 17.6 Å². The number of nitrogens with one attached hydrogen (secondary N) is 1. The lowest BCUT2D eigenvalue weighted by Gasteiger charge is -2.22. The first-order chi connectivity index (χ1) is 9.54. The Balaban J connectivity index is 2.60. The van der Waals surface area contributed by atoms with Crippen molar-refractivity contribution in [3.05, 3.63) is 29.6 Å². The summed E-state index contributed by atoms with van der Waals surface area (Å²) in [4.78, 5) is 0. The van der Waals surface area contributed by atoms with E-state index in [4.69, 9.17) is 15.9 Å². The minimum absolute atomic E-state index is 0.0376. The minimum Gasteiger partial charge on any atom is -0.494 e. The highest BCUT2D eigenvalue weighted by atomic mass is 19.4. The molecule has 0 aliphatic heterocycles. The van der Waals surface area contributed by atoms with Gasteiger partial charge in [-0.05, 0) is 31.0 Å². The van der Waals surface area contributed by atoms with Gasteiger partial charge in [0.15, 0.2) is 0 Å². The van der Waals surface area contributed by atoms with Crippen LogP contribution in [0, 0.1) is 16.6 Å². The van der Waals surface area contributed by atoms with Gasteiger partial charge in [-0.1, -0.05) is 13.8 Å². The standard InChI is InChI=1S/C14H18F4N2O/c1-13(2,12(19)20)6-3-7-21-9-4-5-11(15)10(8-9)14(16,17)18/h4-5,8H,3,6-7H2,1-2H3,(H3,19,20). The third-order valence-electron chi connectivity index (χ3n) is 3.19. The summed E-state index contributed by atoms with van der Waals surface area (Å²) in [6.07, 6.45) is -3.67. The Morgan fingerprint density at radius 3 is 2.43 bits per heavy atom. The second kappa shape index (κ2) is 6.32. The van der Waals surface area contributed by atoms with Crippen molar-refractivity contribution in [1.29, 1.82) is 5.41 Å². The first-order valence-electron chi connectivity index (χ1n) is 6.38. The van der Waals surface area contributed by atoms with Gasteiger partial charge in [-0.15, -0.1) is 0 Å². The molecule has 0 amide bonds. The van der Waals surface area contributed by atoms with Gasteiger partial charge in [0, 0.05) is 5.41 Å². The van der Waals surface area contributed by atoms with Crippen molar-refractivity contribution < 1.29 is 22.3 Å². The van der Waals surface area contributed by atoms with E-state index in [2.05, 4.69) is 0 Å². The molecule has 1 rings (SSSR count). The third kappa shape index (κ3) is 4.91. The van der Waals surface area contributed by atoms with Crippen LogP contribution in [0.2, 0.25) is 0 Å². The zero-order valence-corrected chi connectivity index (χ0v) is 11.9. The average molecular weight is 306 g/mol. The molecule has 7 heteroatoms. The number of hydrogen-bond donors (Lipinski definition) is 2. The molecule has 118 valence electrons. The van der Waals surface area contributed by atoms with Crippen molar-refractivity contribution in [1.82, 2.24) is 0 Å². The Hall–Kier alpha value is -1.79. The van der Waals surface area contributed by atoms with Crippen LogP contribution in [0.25, 0.3) is 0 Å². The molecule has 0 bridgehead atoms. The van der Waals surface area contributed by atoms with Crippen LogP contribution in [0.4, 0.5) is 17.6 Å². The van der Waals surface area contributed by atoms with Crippen molar-refractivity contribution in [2.45, 2.75) is 32.9 Å². The first-order valence-corrected chi connectivity index (χ1v) is 6.38. The fourth-order valence-corrected chi connectivity index (χ4v) is 1.65.